The van der Waals surface area contributed by atoms with Crippen LogP contribution in [0.5, 0.6) is 0 Å². The minimum Gasteiger partial charge on any atom is -0.338 e. The molecule has 2 aromatic rings. The SMILES string of the molecule is CCNCc1nc(Cc2c(Cl)cccc2Cl)no1. The molecule has 2 rings (SSSR count). The van der Waals surface area contributed by atoms with Crippen LogP contribution < -0.4 is 5.32 Å². The monoisotopic (exact) mass is 285 g/mol. The van der Waals surface area contributed by atoms with Crippen molar-refractivity contribution in [2.24, 2.45) is 0 Å². The molecule has 1 heterocycles. The highest BCUT2D eigenvalue weighted by molar-refractivity contribution is 6.36. The third-order valence-corrected chi connectivity index (χ3v) is 3.14. The molecule has 0 aliphatic heterocycles. The number of benzene rings is 1. The summed E-state index contributed by atoms with van der Waals surface area (Å²) >= 11 is 12.2. The first-order valence-electron chi connectivity index (χ1n) is 5.65. The van der Waals surface area contributed by atoms with Gasteiger partial charge in [0.25, 0.3) is 0 Å². The summed E-state index contributed by atoms with van der Waals surface area (Å²) in [5.74, 6) is 1.15. The zero-order valence-electron chi connectivity index (χ0n) is 9.91. The van der Waals surface area contributed by atoms with Crippen molar-refractivity contribution in [2.45, 2.75) is 19.9 Å². The number of nitrogens with zero attached hydrogens (tertiary/aromatic N) is 2. The van der Waals surface area contributed by atoms with Crippen LogP contribution in [0.15, 0.2) is 22.7 Å². The van der Waals surface area contributed by atoms with Crippen molar-refractivity contribution in [3.8, 4) is 0 Å². The smallest absolute Gasteiger partial charge is 0.240 e. The summed E-state index contributed by atoms with van der Waals surface area (Å²) < 4.78 is 5.11. The summed E-state index contributed by atoms with van der Waals surface area (Å²) in [7, 11) is 0. The van der Waals surface area contributed by atoms with E-state index in [9.17, 15) is 0 Å². The zero-order valence-corrected chi connectivity index (χ0v) is 11.4. The van der Waals surface area contributed by atoms with E-state index in [1.54, 1.807) is 18.2 Å². The van der Waals surface area contributed by atoms with E-state index in [2.05, 4.69) is 15.5 Å². The highest BCUT2D eigenvalue weighted by Gasteiger charge is 2.11. The summed E-state index contributed by atoms with van der Waals surface area (Å²) in [6, 6.07) is 5.39. The average molecular weight is 286 g/mol. The van der Waals surface area contributed by atoms with E-state index in [1.165, 1.54) is 0 Å². The lowest BCUT2D eigenvalue weighted by Gasteiger charge is -2.03. The van der Waals surface area contributed by atoms with Crippen molar-refractivity contribution in [1.29, 1.82) is 0 Å². The van der Waals surface area contributed by atoms with Crippen LogP contribution in [0.3, 0.4) is 0 Å². The predicted molar refractivity (Wildman–Crippen MR) is 70.9 cm³/mol. The Kier molecular flexibility index (Phi) is 4.58. The minimum atomic E-state index is 0.466. The van der Waals surface area contributed by atoms with Crippen molar-refractivity contribution < 1.29 is 4.52 Å². The Morgan fingerprint density at radius 2 is 2.00 bits per heavy atom. The van der Waals surface area contributed by atoms with Crippen LogP contribution in [0.2, 0.25) is 10.0 Å². The van der Waals surface area contributed by atoms with Crippen LogP contribution in [-0.4, -0.2) is 16.7 Å². The minimum absolute atomic E-state index is 0.466. The molecule has 1 N–H and O–H groups in total. The van der Waals surface area contributed by atoms with Gasteiger partial charge in [-0.25, -0.2) is 0 Å². The van der Waals surface area contributed by atoms with Crippen LogP contribution in [0.4, 0.5) is 0 Å². The Bertz CT molecular complexity index is 508. The van der Waals surface area contributed by atoms with E-state index >= 15 is 0 Å². The van der Waals surface area contributed by atoms with Crippen LogP contribution in [0, 0.1) is 0 Å². The fourth-order valence-corrected chi connectivity index (χ4v) is 2.06. The second-order valence-electron chi connectivity index (χ2n) is 3.76. The molecule has 0 atom stereocenters. The largest absolute Gasteiger partial charge is 0.338 e. The predicted octanol–water partition coefficient (Wildman–Crippen LogP) is 3.08. The molecular weight excluding hydrogens is 273 g/mol. The second-order valence-corrected chi connectivity index (χ2v) is 4.58. The maximum atomic E-state index is 6.09. The molecule has 0 spiro atoms. The number of aromatic nitrogens is 2. The molecule has 1 aromatic heterocycles. The number of hydrogen-bond acceptors (Lipinski definition) is 4. The molecule has 4 nitrogen and oxygen atoms in total. The normalized spacial score (nSPS) is 10.8. The van der Waals surface area contributed by atoms with E-state index in [-0.39, 0.29) is 0 Å². The first-order valence-corrected chi connectivity index (χ1v) is 6.41. The fraction of sp³-hybridized carbons (Fsp3) is 0.333. The Morgan fingerprint density at radius 1 is 1.28 bits per heavy atom. The van der Waals surface area contributed by atoms with E-state index < -0.39 is 0 Å². The number of rotatable bonds is 5. The van der Waals surface area contributed by atoms with Gasteiger partial charge in [-0.05, 0) is 24.2 Å². The van der Waals surface area contributed by atoms with Gasteiger partial charge in [-0.3, -0.25) is 0 Å². The van der Waals surface area contributed by atoms with Gasteiger partial charge in [0.05, 0.1) is 6.54 Å². The van der Waals surface area contributed by atoms with Crippen molar-refractivity contribution in [1.82, 2.24) is 15.5 Å². The lowest BCUT2D eigenvalue weighted by atomic mass is 10.1. The van der Waals surface area contributed by atoms with Gasteiger partial charge in [0.15, 0.2) is 5.82 Å². The Balaban J connectivity index is 2.11. The van der Waals surface area contributed by atoms with Crippen LogP contribution in [-0.2, 0) is 13.0 Å². The maximum Gasteiger partial charge on any atom is 0.240 e. The quantitative estimate of drug-likeness (QED) is 0.917. The van der Waals surface area contributed by atoms with Gasteiger partial charge >= 0.3 is 0 Å². The molecule has 0 fully saturated rings. The Hall–Kier alpha value is -1.10. The molecule has 0 radical (unpaired) electrons. The Morgan fingerprint density at radius 3 is 2.67 bits per heavy atom. The molecular formula is C12H13Cl2N3O. The van der Waals surface area contributed by atoms with Gasteiger partial charge in [-0.2, -0.15) is 4.98 Å². The molecule has 18 heavy (non-hydrogen) atoms. The van der Waals surface area contributed by atoms with Crippen molar-refractivity contribution >= 4 is 23.2 Å². The molecule has 96 valence electrons. The van der Waals surface area contributed by atoms with E-state index in [0.29, 0.717) is 34.7 Å². The highest BCUT2D eigenvalue weighted by Crippen LogP contribution is 2.26. The first kappa shape index (κ1) is 13.3. The third-order valence-electron chi connectivity index (χ3n) is 2.43. The standard InChI is InChI=1S/C12H13Cl2N3O/c1-2-15-7-12-16-11(17-18-12)6-8-9(13)4-3-5-10(8)14/h3-5,15H,2,6-7H2,1H3. The van der Waals surface area contributed by atoms with Crippen molar-refractivity contribution in [2.75, 3.05) is 6.54 Å². The van der Waals surface area contributed by atoms with Gasteiger partial charge in [0.2, 0.25) is 5.89 Å². The molecule has 6 heteroatoms. The molecule has 1 aromatic carbocycles. The van der Waals surface area contributed by atoms with E-state index in [1.807, 2.05) is 6.92 Å². The van der Waals surface area contributed by atoms with Crippen LogP contribution in [0.1, 0.15) is 24.2 Å². The van der Waals surface area contributed by atoms with Gasteiger partial charge < -0.3 is 9.84 Å². The molecule has 0 bridgehead atoms. The zero-order chi connectivity index (χ0) is 13.0. The summed E-state index contributed by atoms with van der Waals surface area (Å²) in [6.07, 6.45) is 0.466. The first-order chi connectivity index (χ1) is 8.70. The molecule has 0 saturated carbocycles. The topological polar surface area (TPSA) is 51.0 Å². The van der Waals surface area contributed by atoms with E-state index in [4.69, 9.17) is 27.7 Å². The van der Waals surface area contributed by atoms with Gasteiger partial charge in [-0.1, -0.05) is 41.3 Å². The van der Waals surface area contributed by atoms with Gasteiger partial charge in [-0.15, -0.1) is 0 Å². The summed E-state index contributed by atoms with van der Waals surface area (Å²) in [5.41, 5.74) is 0.816. The average Bonchev–Trinajstić information content (AvgIpc) is 2.79. The lowest BCUT2D eigenvalue weighted by molar-refractivity contribution is 0.365. The van der Waals surface area contributed by atoms with Crippen LogP contribution in [0.25, 0.3) is 0 Å². The van der Waals surface area contributed by atoms with Crippen molar-refractivity contribution in [3.63, 3.8) is 0 Å². The number of hydrogen-bond donors (Lipinski definition) is 1. The maximum absolute atomic E-state index is 6.09. The lowest BCUT2D eigenvalue weighted by Crippen LogP contribution is -2.11. The highest BCUT2D eigenvalue weighted by atomic mass is 35.5. The summed E-state index contributed by atoms with van der Waals surface area (Å²) in [5, 5.41) is 8.24. The molecule has 0 amide bonds. The summed E-state index contributed by atoms with van der Waals surface area (Å²) in [6.45, 7) is 3.44. The third kappa shape index (κ3) is 3.22. The molecule has 0 aliphatic rings. The van der Waals surface area contributed by atoms with Crippen molar-refractivity contribution in [3.05, 3.63) is 45.5 Å². The Labute approximate surface area is 115 Å². The number of nitrogens with one attached hydrogen (secondary N) is 1. The van der Waals surface area contributed by atoms with Gasteiger partial charge in [0, 0.05) is 16.5 Å². The summed E-state index contributed by atoms with van der Waals surface area (Å²) in [4.78, 5) is 4.27. The second kappa shape index (κ2) is 6.18. The van der Waals surface area contributed by atoms with E-state index in [0.717, 1.165) is 12.1 Å². The van der Waals surface area contributed by atoms with Gasteiger partial charge in [0.1, 0.15) is 0 Å². The molecule has 0 unspecified atom stereocenters. The molecule has 0 saturated heterocycles. The molecule has 0 aliphatic carbocycles. The number of halogens is 2. The van der Waals surface area contributed by atoms with Crippen LogP contribution >= 0.6 is 23.2 Å². The fourth-order valence-electron chi connectivity index (χ4n) is 1.53.